The van der Waals surface area contributed by atoms with E-state index >= 15 is 0 Å². The molecular weight excluding hydrogens is 202 g/mol. The summed E-state index contributed by atoms with van der Waals surface area (Å²) >= 11 is 0. The third kappa shape index (κ3) is 3.82. The first-order chi connectivity index (χ1) is 7.56. The molecule has 4 nitrogen and oxygen atoms in total. The Hall–Kier alpha value is -1.08. The highest BCUT2D eigenvalue weighted by molar-refractivity contribution is 5.82. The van der Waals surface area contributed by atoms with Crippen LogP contribution in [0, 0.1) is 17.2 Å². The minimum Gasteiger partial charge on any atom is -0.337 e. The molecule has 1 atom stereocenters. The summed E-state index contributed by atoms with van der Waals surface area (Å²) in [6.45, 7) is 4.65. The number of amides is 1. The Morgan fingerprint density at radius 1 is 1.56 bits per heavy atom. The Morgan fingerprint density at radius 3 is 2.62 bits per heavy atom. The number of hydrogen-bond donors (Lipinski definition) is 1. The van der Waals surface area contributed by atoms with Crippen molar-refractivity contribution in [2.24, 2.45) is 11.7 Å². The van der Waals surface area contributed by atoms with Gasteiger partial charge in [0.1, 0.15) is 0 Å². The number of rotatable bonds is 6. The summed E-state index contributed by atoms with van der Waals surface area (Å²) in [6.07, 6.45) is 3.24. The van der Waals surface area contributed by atoms with E-state index in [2.05, 4.69) is 19.9 Å². The molecule has 0 aromatic rings. The van der Waals surface area contributed by atoms with Crippen LogP contribution in [0.4, 0.5) is 0 Å². The predicted octanol–water partition coefficient (Wildman–Crippen LogP) is 1.26. The Kier molecular flexibility index (Phi) is 4.75. The summed E-state index contributed by atoms with van der Waals surface area (Å²) in [5.74, 6) is 0.447. The summed E-state index contributed by atoms with van der Waals surface area (Å²) in [6, 6.07) is 2.02. The normalized spacial score (nSPS) is 16.9. The fourth-order valence-electron chi connectivity index (χ4n) is 1.85. The van der Waals surface area contributed by atoms with Crippen molar-refractivity contribution in [2.45, 2.75) is 51.6 Å². The van der Waals surface area contributed by atoms with E-state index in [0.717, 1.165) is 12.8 Å². The lowest BCUT2D eigenvalue weighted by atomic mass is 10.0. The first-order valence-corrected chi connectivity index (χ1v) is 5.99. The Morgan fingerprint density at radius 2 is 2.19 bits per heavy atom. The van der Waals surface area contributed by atoms with Crippen LogP contribution in [0.15, 0.2) is 0 Å². The second kappa shape index (κ2) is 5.86. The molecule has 1 aliphatic carbocycles. The molecule has 16 heavy (non-hydrogen) atoms. The highest BCUT2D eigenvalue weighted by atomic mass is 16.2. The lowest BCUT2D eigenvalue weighted by Gasteiger charge is -2.25. The average molecular weight is 223 g/mol. The second-order valence-corrected chi connectivity index (χ2v) is 4.91. The molecule has 1 saturated carbocycles. The Balaban J connectivity index is 2.49. The van der Waals surface area contributed by atoms with Crippen LogP contribution in [0.2, 0.25) is 0 Å². The number of carbonyl (C=O) groups excluding carboxylic acids is 1. The second-order valence-electron chi connectivity index (χ2n) is 4.91. The molecule has 0 radical (unpaired) electrons. The third-order valence-corrected chi connectivity index (χ3v) is 2.78. The third-order valence-electron chi connectivity index (χ3n) is 2.78. The maximum atomic E-state index is 12.1. The van der Waals surface area contributed by atoms with Crippen LogP contribution in [0.25, 0.3) is 0 Å². The van der Waals surface area contributed by atoms with Crippen molar-refractivity contribution in [1.29, 1.82) is 5.26 Å². The van der Waals surface area contributed by atoms with Crippen molar-refractivity contribution in [3.63, 3.8) is 0 Å². The van der Waals surface area contributed by atoms with E-state index < -0.39 is 6.04 Å². The highest BCUT2D eigenvalue weighted by Crippen LogP contribution is 2.27. The number of hydrogen-bond acceptors (Lipinski definition) is 3. The summed E-state index contributed by atoms with van der Waals surface area (Å²) in [7, 11) is 0. The molecule has 0 heterocycles. The van der Waals surface area contributed by atoms with Gasteiger partial charge in [-0.15, -0.1) is 0 Å². The summed E-state index contributed by atoms with van der Waals surface area (Å²) in [5, 5.41) is 8.56. The van der Waals surface area contributed by atoms with Crippen molar-refractivity contribution in [3.05, 3.63) is 0 Å². The van der Waals surface area contributed by atoms with Crippen LogP contribution in [0.1, 0.15) is 39.5 Å². The number of nitriles is 1. The quantitative estimate of drug-likeness (QED) is 0.737. The van der Waals surface area contributed by atoms with E-state index in [-0.39, 0.29) is 5.91 Å². The Bertz CT molecular complexity index is 278. The van der Waals surface area contributed by atoms with Gasteiger partial charge in [0.25, 0.3) is 0 Å². The molecule has 1 aliphatic rings. The van der Waals surface area contributed by atoms with Crippen molar-refractivity contribution >= 4 is 5.91 Å². The highest BCUT2D eigenvalue weighted by Gasteiger charge is 2.34. The first-order valence-electron chi connectivity index (χ1n) is 5.99. The van der Waals surface area contributed by atoms with Gasteiger partial charge in [-0.1, -0.05) is 13.8 Å². The van der Waals surface area contributed by atoms with Crippen LogP contribution in [0.5, 0.6) is 0 Å². The van der Waals surface area contributed by atoms with Gasteiger partial charge in [0.05, 0.1) is 18.5 Å². The summed E-state index contributed by atoms with van der Waals surface area (Å²) < 4.78 is 0. The summed E-state index contributed by atoms with van der Waals surface area (Å²) in [4.78, 5) is 13.9. The molecule has 1 unspecified atom stereocenters. The molecule has 0 aromatic heterocycles. The van der Waals surface area contributed by atoms with Crippen molar-refractivity contribution in [2.75, 3.05) is 6.54 Å². The van der Waals surface area contributed by atoms with Crippen LogP contribution in [-0.4, -0.2) is 29.4 Å². The maximum Gasteiger partial charge on any atom is 0.239 e. The van der Waals surface area contributed by atoms with Crippen molar-refractivity contribution in [1.82, 2.24) is 4.90 Å². The number of carbonyl (C=O) groups is 1. The topological polar surface area (TPSA) is 70.1 Å². The van der Waals surface area contributed by atoms with Crippen molar-refractivity contribution < 1.29 is 4.79 Å². The minimum atomic E-state index is -0.403. The van der Waals surface area contributed by atoms with Gasteiger partial charge in [-0.2, -0.15) is 5.26 Å². The molecule has 0 aliphatic heterocycles. The lowest BCUT2D eigenvalue weighted by Crippen LogP contribution is -2.45. The molecule has 90 valence electrons. The minimum absolute atomic E-state index is 0.0199. The van der Waals surface area contributed by atoms with E-state index in [1.165, 1.54) is 0 Å². The van der Waals surface area contributed by atoms with Crippen LogP contribution < -0.4 is 5.73 Å². The van der Waals surface area contributed by atoms with E-state index in [9.17, 15) is 4.79 Å². The molecule has 1 fully saturated rings. The molecular formula is C12H21N3O. The number of nitrogens with zero attached hydrogens (tertiary/aromatic N) is 2. The van der Waals surface area contributed by atoms with Crippen LogP contribution in [0.3, 0.4) is 0 Å². The molecule has 4 heteroatoms. The largest absolute Gasteiger partial charge is 0.337 e. The van der Waals surface area contributed by atoms with Gasteiger partial charge in [0.15, 0.2) is 0 Å². The molecule has 1 amide bonds. The summed E-state index contributed by atoms with van der Waals surface area (Å²) in [5.41, 5.74) is 5.88. The van der Waals surface area contributed by atoms with Crippen molar-refractivity contribution in [3.8, 4) is 6.07 Å². The van der Waals surface area contributed by atoms with E-state index in [1.807, 2.05) is 0 Å². The van der Waals surface area contributed by atoms with E-state index in [4.69, 9.17) is 11.0 Å². The molecule has 0 bridgehead atoms. The predicted molar refractivity (Wildman–Crippen MR) is 62.4 cm³/mol. The maximum absolute atomic E-state index is 12.1. The smallest absolute Gasteiger partial charge is 0.239 e. The van der Waals surface area contributed by atoms with Gasteiger partial charge < -0.3 is 10.6 Å². The molecule has 1 rings (SSSR count). The van der Waals surface area contributed by atoms with E-state index in [1.54, 1.807) is 4.90 Å². The first kappa shape index (κ1) is 13.0. The van der Waals surface area contributed by atoms with Gasteiger partial charge in [-0.25, -0.2) is 0 Å². The standard InChI is InChI=1S/C12H21N3O/c1-9(2)8-11(14)12(16)15(7-3-6-13)10-4-5-10/h9-11H,3-5,7-8,14H2,1-2H3. The fraction of sp³-hybridized carbons (Fsp3) is 0.833. The SMILES string of the molecule is CC(C)CC(N)C(=O)N(CCC#N)C1CC1. The Labute approximate surface area is 97.4 Å². The molecule has 0 saturated heterocycles. The molecule has 0 aromatic carbocycles. The molecule has 2 N–H and O–H groups in total. The van der Waals surface area contributed by atoms with Gasteiger partial charge in [-0.05, 0) is 25.2 Å². The van der Waals surface area contributed by atoms with Crippen LogP contribution in [-0.2, 0) is 4.79 Å². The molecule has 0 spiro atoms. The monoisotopic (exact) mass is 223 g/mol. The zero-order chi connectivity index (χ0) is 12.1. The zero-order valence-corrected chi connectivity index (χ0v) is 10.1. The van der Waals surface area contributed by atoms with Gasteiger partial charge in [-0.3, -0.25) is 4.79 Å². The van der Waals surface area contributed by atoms with E-state index in [0.29, 0.717) is 31.3 Å². The van der Waals surface area contributed by atoms with Gasteiger partial charge in [0.2, 0.25) is 5.91 Å². The lowest BCUT2D eigenvalue weighted by molar-refractivity contribution is -0.133. The fourth-order valence-corrected chi connectivity index (χ4v) is 1.85. The zero-order valence-electron chi connectivity index (χ0n) is 10.1. The van der Waals surface area contributed by atoms with Gasteiger partial charge >= 0.3 is 0 Å². The van der Waals surface area contributed by atoms with Gasteiger partial charge in [0, 0.05) is 12.6 Å². The number of nitrogens with two attached hydrogens (primary N) is 1. The van der Waals surface area contributed by atoms with Crippen LogP contribution >= 0.6 is 0 Å². The average Bonchev–Trinajstić information content (AvgIpc) is 3.01.